The minimum atomic E-state index is -1.07. The van der Waals surface area contributed by atoms with E-state index in [0.29, 0.717) is 5.56 Å². The van der Waals surface area contributed by atoms with E-state index < -0.39 is 5.97 Å². The standard InChI is InChI=1S/C14H13NO3/c1-8-5-9(2)13-11(6-8)7-10(14(18)15-13)3-4-12(16)17/h3-7H,1-2H3,(H,15,18)(H,16,17)/b4-3+. The predicted octanol–water partition coefficient (Wildman–Crippen LogP) is 2.24. The number of rotatable bonds is 2. The number of aryl methyl sites for hydroxylation is 2. The quantitative estimate of drug-likeness (QED) is 0.795. The van der Waals surface area contributed by atoms with Crippen LogP contribution in [0, 0.1) is 13.8 Å². The molecular weight excluding hydrogens is 230 g/mol. The molecule has 0 radical (unpaired) electrons. The summed E-state index contributed by atoms with van der Waals surface area (Å²) < 4.78 is 0. The SMILES string of the molecule is Cc1cc(C)c2[nH]c(=O)c(/C=C/C(=O)O)cc2c1. The Labute approximate surface area is 104 Å². The third-order valence-corrected chi connectivity index (χ3v) is 2.73. The molecule has 0 fully saturated rings. The molecule has 92 valence electrons. The van der Waals surface area contributed by atoms with Crippen molar-refractivity contribution in [1.82, 2.24) is 4.98 Å². The number of carbonyl (C=O) groups is 1. The van der Waals surface area contributed by atoms with Crippen LogP contribution in [-0.4, -0.2) is 16.1 Å². The van der Waals surface area contributed by atoms with Crippen molar-refractivity contribution in [2.75, 3.05) is 0 Å². The van der Waals surface area contributed by atoms with Crippen molar-refractivity contribution in [2.24, 2.45) is 0 Å². The van der Waals surface area contributed by atoms with E-state index in [9.17, 15) is 9.59 Å². The van der Waals surface area contributed by atoms with Gasteiger partial charge in [-0.15, -0.1) is 0 Å². The van der Waals surface area contributed by atoms with Gasteiger partial charge in [0.05, 0.1) is 5.52 Å². The van der Waals surface area contributed by atoms with Gasteiger partial charge >= 0.3 is 5.97 Å². The highest BCUT2D eigenvalue weighted by atomic mass is 16.4. The largest absolute Gasteiger partial charge is 0.478 e. The highest BCUT2D eigenvalue weighted by Gasteiger charge is 2.03. The number of carboxylic acid groups (broad SMARTS) is 1. The topological polar surface area (TPSA) is 70.2 Å². The molecule has 2 aromatic rings. The first-order valence-electron chi connectivity index (χ1n) is 5.52. The summed E-state index contributed by atoms with van der Waals surface area (Å²) in [6.45, 7) is 3.91. The number of carboxylic acids is 1. The van der Waals surface area contributed by atoms with Gasteiger partial charge in [0.1, 0.15) is 0 Å². The molecule has 0 atom stereocenters. The molecule has 0 saturated carbocycles. The Morgan fingerprint density at radius 1 is 1.28 bits per heavy atom. The second kappa shape index (κ2) is 4.49. The number of aromatic nitrogens is 1. The van der Waals surface area contributed by atoms with Crippen LogP contribution in [-0.2, 0) is 4.79 Å². The Hall–Kier alpha value is -2.36. The Kier molecular flexibility index (Phi) is 3.02. The molecule has 18 heavy (non-hydrogen) atoms. The van der Waals surface area contributed by atoms with Gasteiger partial charge in [-0.1, -0.05) is 11.6 Å². The Morgan fingerprint density at radius 3 is 2.67 bits per heavy atom. The molecule has 0 aliphatic heterocycles. The predicted molar refractivity (Wildman–Crippen MR) is 70.7 cm³/mol. The molecule has 0 amide bonds. The number of benzene rings is 1. The van der Waals surface area contributed by atoms with Crippen molar-refractivity contribution in [3.8, 4) is 0 Å². The fourth-order valence-electron chi connectivity index (χ4n) is 1.99. The highest BCUT2D eigenvalue weighted by molar-refractivity contribution is 5.88. The van der Waals surface area contributed by atoms with E-state index in [2.05, 4.69) is 4.98 Å². The maximum absolute atomic E-state index is 11.8. The van der Waals surface area contributed by atoms with Crippen molar-refractivity contribution in [3.05, 3.63) is 51.3 Å². The summed E-state index contributed by atoms with van der Waals surface area (Å²) in [5.41, 5.74) is 2.94. The number of fused-ring (bicyclic) bond motifs is 1. The number of nitrogens with one attached hydrogen (secondary N) is 1. The van der Waals surface area contributed by atoms with Crippen LogP contribution in [0.3, 0.4) is 0 Å². The molecule has 1 aromatic heterocycles. The first kappa shape index (κ1) is 12.1. The Balaban J connectivity index is 2.68. The maximum atomic E-state index is 11.8. The van der Waals surface area contributed by atoms with E-state index in [1.165, 1.54) is 6.08 Å². The zero-order chi connectivity index (χ0) is 13.3. The summed E-state index contributed by atoms with van der Waals surface area (Å²) in [6, 6.07) is 5.65. The zero-order valence-electron chi connectivity index (χ0n) is 10.2. The lowest BCUT2D eigenvalue weighted by atomic mass is 10.1. The van der Waals surface area contributed by atoms with Gasteiger partial charge in [-0.05, 0) is 43.0 Å². The summed E-state index contributed by atoms with van der Waals surface area (Å²) in [6.07, 6.45) is 2.26. The van der Waals surface area contributed by atoms with E-state index in [0.717, 1.165) is 28.1 Å². The summed E-state index contributed by atoms with van der Waals surface area (Å²) in [7, 11) is 0. The lowest BCUT2D eigenvalue weighted by Crippen LogP contribution is -2.09. The van der Waals surface area contributed by atoms with Crippen molar-refractivity contribution in [1.29, 1.82) is 0 Å². The monoisotopic (exact) mass is 243 g/mol. The lowest BCUT2D eigenvalue weighted by Gasteiger charge is -2.05. The Morgan fingerprint density at radius 2 is 2.00 bits per heavy atom. The molecule has 0 aliphatic rings. The normalized spacial score (nSPS) is 11.2. The molecule has 0 aliphatic carbocycles. The fourth-order valence-corrected chi connectivity index (χ4v) is 1.99. The highest BCUT2D eigenvalue weighted by Crippen LogP contribution is 2.18. The van der Waals surface area contributed by atoms with Crippen LogP contribution in [0.5, 0.6) is 0 Å². The smallest absolute Gasteiger partial charge is 0.328 e. The van der Waals surface area contributed by atoms with E-state index in [1.54, 1.807) is 6.07 Å². The molecule has 0 spiro atoms. The number of hydrogen-bond acceptors (Lipinski definition) is 2. The molecule has 0 saturated heterocycles. The van der Waals surface area contributed by atoms with E-state index >= 15 is 0 Å². The molecule has 0 bridgehead atoms. The van der Waals surface area contributed by atoms with Crippen molar-refractivity contribution in [3.63, 3.8) is 0 Å². The van der Waals surface area contributed by atoms with Crippen LogP contribution >= 0.6 is 0 Å². The summed E-state index contributed by atoms with van der Waals surface area (Å²) in [5.74, 6) is -1.07. The average molecular weight is 243 g/mol. The Bertz CT molecular complexity index is 711. The number of pyridine rings is 1. The van der Waals surface area contributed by atoms with Gasteiger partial charge < -0.3 is 10.1 Å². The number of aromatic amines is 1. The van der Waals surface area contributed by atoms with Crippen molar-refractivity contribution in [2.45, 2.75) is 13.8 Å². The maximum Gasteiger partial charge on any atom is 0.328 e. The van der Waals surface area contributed by atoms with Crippen LogP contribution in [0.4, 0.5) is 0 Å². The minimum absolute atomic E-state index is 0.285. The van der Waals surface area contributed by atoms with Crippen LogP contribution < -0.4 is 5.56 Å². The number of H-pyrrole nitrogens is 1. The lowest BCUT2D eigenvalue weighted by molar-refractivity contribution is -0.131. The van der Waals surface area contributed by atoms with Gasteiger partial charge in [0.2, 0.25) is 0 Å². The zero-order valence-corrected chi connectivity index (χ0v) is 10.2. The molecule has 4 nitrogen and oxygen atoms in total. The van der Waals surface area contributed by atoms with Crippen LogP contribution in [0.1, 0.15) is 16.7 Å². The van der Waals surface area contributed by atoms with E-state index in [4.69, 9.17) is 5.11 Å². The fraction of sp³-hybridized carbons (Fsp3) is 0.143. The van der Waals surface area contributed by atoms with Gasteiger partial charge in [0.15, 0.2) is 0 Å². The third-order valence-electron chi connectivity index (χ3n) is 2.73. The summed E-state index contributed by atoms with van der Waals surface area (Å²) >= 11 is 0. The number of hydrogen-bond donors (Lipinski definition) is 2. The second-order valence-electron chi connectivity index (χ2n) is 4.27. The first-order valence-corrected chi connectivity index (χ1v) is 5.52. The third kappa shape index (κ3) is 2.32. The van der Waals surface area contributed by atoms with E-state index in [1.807, 2.05) is 26.0 Å². The molecule has 1 heterocycles. The van der Waals surface area contributed by atoms with Gasteiger partial charge in [-0.25, -0.2) is 4.79 Å². The van der Waals surface area contributed by atoms with Gasteiger partial charge in [0, 0.05) is 11.6 Å². The van der Waals surface area contributed by atoms with Crippen LogP contribution in [0.2, 0.25) is 0 Å². The van der Waals surface area contributed by atoms with Gasteiger partial charge in [-0.3, -0.25) is 4.79 Å². The molecule has 2 rings (SSSR count). The van der Waals surface area contributed by atoms with Crippen molar-refractivity contribution < 1.29 is 9.90 Å². The van der Waals surface area contributed by atoms with Gasteiger partial charge in [-0.2, -0.15) is 0 Å². The summed E-state index contributed by atoms with van der Waals surface area (Å²) in [4.78, 5) is 25.0. The van der Waals surface area contributed by atoms with Crippen LogP contribution in [0.25, 0.3) is 17.0 Å². The molecule has 0 unspecified atom stereocenters. The molecule has 2 N–H and O–H groups in total. The first-order chi connectivity index (χ1) is 8.47. The molecule has 4 heteroatoms. The molecule has 1 aromatic carbocycles. The van der Waals surface area contributed by atoms with Crippen LogP contribution in [0.15, 0.2) is 29.1 Å². The van der Waals surface area contributed by atoms with E-state index in [-0.39, 0.29) is 5.56 Å². The average Bonchev–Trinajstić information content (AvgIpc) is 2.27. The minimum Gasteiger partial charge on any atom is -0.478 e. The number of aliphatic carboxylic acids is 1. The second-order valence-corrected chi connectivity index (χ2v) is 4.27. The van der Waals surface area contributed by atoms with Gasteiger partial charge in [0.25, 0.3) is 5.56 Å². The summed E-state index contributed by atoms with van der Waals surface area (Å²) in [5, 5.41) is 9.47. The molecular formula is C14H13NO3. The van der Waals surface area contributed by atoms with Crippen molar-refractivity contribution >= 4 is 22.9 Å².